The molecule has 2 aromatic rings. The summed E-state index contributed by atoms with van der Waals surface area (Å²) in [5.41, 5.74) is 1.05. The normalized spacial score (nSPS) is 11.6. The predicted octanol–water partition coefficient (Wildman–Crippen LogP) is 4.16. The highest BCUT2D eigenvalue weighted by atomic mass is 35.5. The van der Waals surface area contributed by atoms with E-state index in [0.29, 0.717) is 16.3 Å². The fourth-order valence-electron chi connectivity index (χ4n) is 1.60. The lowest BCUT2D eigenvalue weighted by molar-refractivity contribution is 0.607. The maximum atomic E-state index is 13.6. The van der Waals surface area contributed by atoms with Gasteiger partial charge in [0, 0.05) is 16.3 Å². The van der Waals surface area contributed by atoms with Crippen LogP contribution in [0.4, 0.5) is 10.1 Å². The second kappa shape index (κ2) is 5.52. The van der Waals surface area contributed by atoms with Crippen LogP contribution in [0.3, 0.4) is 0 Å². The molecule has 1 unspecified atom stereocenters. The molecule has 0 saturated heterocycles. The van der Waals surface area contributed by atoms with Gasteiger partial charge in [0.25, 0.3) is 0 Å². The summed E-state index contributed by atoms with van der Waals surface area (Å²) in [6.07, 6.45) is 0. The first-order valence-corrected chi connectivity index (χ1v) is 5.74. The number of rotatable bonds is 3. The molecule has 0 bridgehead atoms. The molecule has 2 nitrogen and oxygen atoms in total. The third-order valence-electron chi connectivity index (χ3n) is 2.50. The highest BCUT2D eigenvalue weighted by Gasteiger charge is 2.14. The average Bonchev–Trinajstić information content (AvgIpc) is 2.39. The molecule has 0 aliphatic rings. The summed E-state index contributed by atoms with van der Waals surface area (Å²) in [6.45, 7) is 0. The highest BCUT2D eigenvalue weighted by molar-refractivity contribution is 6.30. The van der Waals surface area contributed by atoms with Crippen molar-refractivity contribution in [3.05, 3.63) is 64.9 Å². The van der Waals surface area contributed by atoms with E-state index >= 15 is 0 Å². The standard InChI is InChI=1S/C14H10ClFN2/c15-10-5-7-11(8-6-10)18-14(9-17)12-3-1-2-4-13(12)16/h1-8,14,18H. The number of nitriles is 1. The first-order valence-electron chi connectivity index (χ1n) is 5.37. The lowest BCUT2D eigenvalue weighted by atomic mass is 10.1. The van der Waals surface area contributed by atoms with Gasteiger partial charge in [-0.3, -0.25) is 0 Å². The van der Waals surface area contributed by atoms with Crippen molar-refractivity contribution in [2.24, 2.45) is 0 Å². The number of hydrogen-bond acceptors (Lipinski definition) is 2. The van der Waals surface area contributed by atoms with Crippen molar-refractivity contribution in [1.82, 2.24) is 0 Å². The van der Waals surface area contributed by atoms with Gasteiger partial charge in [0.15, 0.2) is 0 Å². The van der Waals surface area contributed by atoms with Crippen molar-refractivity contribution in [3.8, 4) is 6.07 Å². The first-order chi connectivity index (χ1) is 8.70. The van der Waals surface area contributed by atoms with Crippen molar-refractivity contribution >= 4 is 17.3 Å². The van der Waals surface area contributed by atoms with Crippen LogP contribution in [0.1, 0.15) is 11.6 Å². The van der Waals surface area contributed by atoms with Crippen LogP contribution in [-0.2, 0) is 0 Å². The highest BCUT2D eigenvalue weighted by Crippen LogP contribution is 2.22. The molecule has 0 radical (unpaired) electrons. The largest absolute Gasteiger partial charge is 0.366 e. The number of nitrogens with zero attached hydrogens (tertiary/aromatic N) is 1. The Morgan fingerprint density at radius 1 is 1.11 bits per heavy atom. The molecule has 2 rings (SSSR count). The summed E-state index contributed by atoms with van der Waals surface area (Å²) in [5, 5.41) is 12.7. The number of halogens is 2. The van der Waals surface area contributed by atoms with Gasteiger partial charge in [-0.1, -0.05) is 29.8 Å². The number of nitrogens with one attached hydrogen (secondary N) is 1. The maximum Gasteiger partial charge on any atom is 0.143 e. The molecule has 4 heteroatoms. The molecule has 0 amide bonds. The molecule has 0 fully saturated rings. The summed E-state index contributed by atoms with van der Waals surface area (Å²) in [5.74, 6) is -0.398. The molecule has 0 aliphatic carbocycles. The molecule has 90 valence electrons. The molecule has 1 N–H and O–H groups in total. The Bertz CT molecular complexity index is 575. The van der Waals surface area contributed by atoms with E-state index in [1.165, 1.54) is 6.07 Å². The van der Waals surface area contributed by atoms with Crippen molar-refractivity contribution in [1.29, 1.82) is 5.26 Å². The van der Waals surface area contributed by atoms with Gasteiger partial charge in [0.2, 0.25) is 0 Å². The van der Waals surface area contributed by atoms with Gasteiger partial charge in [0.05, 0.1) is 6.07 Å². The Morgan fingerprint density at radius 3 is 2.39 bits per heavy atom. The van der Waals surface area contributed by atoms with Crippen LogP contribution in [0.2, 0.25) is 5.02 Å². The van der Waals surface area contributed by atoms with Crippen molar-refractivity contribution in [2.45, 2.75) is 6.04 Å². The Morgan fingerprint density at radius 2 is 1.78 bits per heavy atom. The summed E-state index contributed by atoms with van der Waals surface area (Å²) in [4.78, 5) is 0. The first kappa shape index (κ1) is 12.4. The van der Waals surface area contributed by atoms with E-state index in [0.717, 1.165) is 0 Å². The van der Waals surface area contributed by atoms with Gasteiger partial charge < -0.3 is 5.32 Å². The van der Waals surface area contributed by atoms with Crippen molar-refractivity contribution in [3.63, 3.8) is 0 Å². The van der Waals surface area contributed by atoms with E-state index in [2.05, 4.69) is 5.32 Å². The van der Waals surface area contributed by atoms with Crippen LogP contribution in [0.25, 0.3) is 0 Å². The smallest absolute Gasteiger partial charge is 0.143 e. The maximum absolute atomic E-state index is 13.6. The van der Waals surface area contributed by atoms with Crippen LogP contribution < -0.4 is 5.32 Å². The second-order valence-electron chi connectivity index (χ2n) is 3.73. The quantitative estimate of drug-likeness (QED) is 0.900. The molecular formula is C14H10ClFN2. The molecule has 1 atom stereocenters. The summed E-state index contributed by atoms with van der Waals surface area (Å²) in [6, 6.07) is 14.4. The zero-order valence-corrected chi connectivity index (χ0v) is 10.2. The van der Waals surface area contributed by atoms with Crippen LogP contribution >= 0.6 is 11.6 Å². The third kappa shape index (κ3) is 2.79. The van der Waals surface area contributed by atoms with E-state index in [-0.39, 0.29) is 0 Å². The topological polar surface area (TPSA) is 35.8 Å². The molecule has 0 heterocycles. The molecule has 0 spiro atoms. The second-order valence-corrected chi connectivity index (χ2v) is 4.17. The lowest BCUT2D eigenvalue weighted by Gasteiger charge is -2.13. The Balaban J connectivity index is 2.23. The molecule has 0 aliphatic heterocycles. The Hall–Kier alpha value is -2.05. The lowest BCUT2D eigenvalue weighted by Crippen LogP contribution is -2.10. The SMILES string of the molecule is N#CC(Nc1ccc(Cl)cc1)c1ccccc1F. The average molecular weight is 261 g/mol. The number of benzene rings is 2. The Kier molecular flexibility index (Phi) is 3.81. The molecule has 0 aromatic heterocycles. The van der Waals surface area contributed by atoms with E-state index < -0.39 is 11.9 Å². The predicted molar refractivity (Wildman–Crippen MR) is 69.8 cm³/mol. The molecule has 18 heavy (non-hydrogen) atoms. The van der Waals surface area contributed by atoms with Crippen molar-refractivity contribution in [2.75, 3.05) is 5.32 Å². The van der Waals surface area contributed by atoms with Gasteiger partial charge in [-0.05, 0) is 30.3 Å². The van der Waals surface area contributed by atoms with Crippen LogP contribution in [0, 0.1) is 17.1 Å². The summed E-state index contributed by atoms with van der Waals surface area (Å²) < 4.78 is 13.6. The number of hydrogen-bond donors (Lipinski definition) is 1. The molecular weight excluding hydrogens is 251 g/mol. The van der Waals surface area contributed by atoms with Crippen LogP contribution in [0.15, 0.2) is 48.5 Å². The molecule has 2 aromatic carbocycles. The molecule has 0 saturated carbocycles. The minimum absolute atomic E-state index is 0.329. The van der Waals surface area contributed by atoms with Gasteiger partial charge in [-0.15, -0.1) is 0 Å². The van der Waals surface area contributed by atoms with E-state index in [4.69, 9.17) is 16.9 Å². The van der Waals surface area contributed by atoms with Crippen LogP contribution in [-0.4, -0.2) is 0 Å². The number of anilines is 1. The summed E-state index contributed by atoms with van der Waals surface area (Å²) in [7, 11) is 0. The third-order valence-corrected chi connectivity index (χ3v) is 2.75. The van der Waals surface area contributed by atoms with Gasteiger partial charge >= 0.3 is 0 Å². The zero-order valence-electron chi connectivity index (χ0n) is 9.40. The van der Waals surface area contributed by atoms with E-state index in [1.54, 1.807) is 42.5 Å². The van der Waals surface area contributed by atoms with Gasteiger partial charge in [-0.25, -0.2) is 4.39 Å². The Labute approximate surface area is 110 Å². The van der Waals surface area contributed by atoms with E-state index in [1.807, 2.05) is 6.07 Å². The van der Waals surface area contributed by atoms with E-state index in [9.17, 15) is 4.39 Å². The van der Waals surface area contributed by atoms with Crippen LogP contribution in [0.5, 0.6) is 0 Å². The minimum atomic E-state index is -0.729. The fourth-order valence-corrected chi connectivity index (χ4v) is 1.73. The fraction of sp³-hybridized carbons (Fsp3) is 0.0714. The minimum Gasteiger partial charge on any atom is -0.366 e. The van der Waals surface area contributed by atoms with Gasteiger partial charge in [-0.2, -0.15) is 5.26 Å². The monoisotopic (exact) mass is 260 g/mol. The van der Waals surface area contributed by atoms with Crippen molar-refractivity contribution < 1.29 is 4.39 Å². The zero-order chi connectivity index (χ0) is 13.0. The summed E-state index contributed by atoms with van der Waals surface area (Å²) >= 11 is 5.77. The van der Waals surface area contributed by atoms with Gasteiger partial charge in [0.1, 0.15) is 11.9 Å².